The van der Waals surface area contributed by atoms with Crippen LogP contribution in [-0.4, -0.2) is 12.7 Å². The van der Waals surface area contributed by atoms with Crippen LogP contribution in [0.2, 0.25) is 0 Å². The highest BCUT2D eigenvalue weighted by Crippen LogP contribution is 2.24. The molecule has 51 valence electrons. The molecular weight excluding hydrogens is 133 g/mol. The van der Waals surface area contributed by atoms with Crippen LogP contribution in [0.3, 0.4) is 0 Å². The van der Waals surface area contributed by atoms with Crippen molar-refractivity contribution >= 4 is 0 Å². The zero-order chi connectivity index (χ0) is 6.91. The van der Waals surface area contributed by atoms with Gasteiger partial charge in [0.25, 0.3) is 0 Å². The third-order valence-corrected chi connectivity index (χ3v) is 0.909. The number of hydrogen-bond donors (Lipinski definition) is 2. The van der Waals surface area contributed by atoms with Crippen LogP contribution in [0.25, 0.3) is 0 Å². The molecule has 1 radical (unpaired) electrons. The van der Waals surface area contributed by atoms with E-state index >= 15 is 0 Å². The van der Waals surface area contributed by atoms with Crippen molar-refractivity contribution in [3.05, 3.63) is 11.8 Å². The van der Waals surface area contributed by atoms with Crippen molar-refractivity contribution in [2.24, 2.45) is 0 Å². The van der Waals surface area contributed by atoms with Crippen molar-refractivity contribution in [1.29, 1.82) is 0 Å². The molecular formula is C4H4F3N2. The second-order valence-electron chi connectivity index (χ2n) is 1.58. The molecule has 0 aliphatic carbocycles. The summed E-state index contributed by atoms with van der Waals surface area (Å²) in [7, 11) is 0. The maximum absolute atomic E-state index is 11.6. The van der Waals surface area contributed by atoms with Crippen LogP contribution in [-0.2, 0) is 0 Å². The first-order valence-electron chi connectivity index (χ1n) is 2.27. The van der Waals surface area contributed by atoms with Gasteiger partial charge in [0, 0.05) is 6.54 Å². The Bertz CT molecular complexity index is 137. The van der Waals surface area contributed by atoms with E-state index in [1.54, 1.807) is 0 Å². The first-order valence-corrected chi connectivity index (χ1v) is 2.27. The average Bonchev–Trinajstić information content (AvgIpc) is 2.08. The van der Waals surface area contributed by atoms with Gasteiger partial charge in [0.05, 0.1) is 11.8 Å². The van der Waals surface area contributed by atoms with Gasteiger partial charge in [-0.3, -0.25) is 0 Å². The van der Waals surface area contributed by atoms with E-state index in [0.717, 1.165) is 0 Å². The van der Waals surface area contributed by atoms with Crippen molar-refractivity contribution in [3.8, 4) is 0 Å². The molecule has 1 aliphatic rings. The minimum atomic E-state index is -4.24. The largest absolute Gasteiger partial charge is 0.416 e. The highest BCUT2D eigenvalue weighted by atomic mass is 19.4. The summed E-state index contributed by atoms with van der Waals surface area (Å²) in [5.41, 5.74) is 3.69. The number of halogens is 3. The predicted molar refractivity (Wildman–Crippen MR) is 23.9 cm³/mol. The first kappa shape index (κ1) is 6.41. The molecule has 1 heterocycles. The number of hydrazine groups is 1. The molecule has 0 saturated carbocycles. The molecule has 0 saturated heterocycles. The number of nitrogens with one attached hydrogen (secondary N) is 2. The van der Waals surface area contributed by atoms with E-state index < -0.39 is 11.7 Å². The van der Waals surface area contributed by atoms with Crippen LogP contribution >= 0.6 is 0 Å². The summed E-state index contributed by atoms with van der Waals surface area (Å²) in [6.45, 7) is -0.205. The van der Waals surface area contributed by atoms with Gasteiger partial charge < -0.3 is 5.43 Å². The highest BCUT2D eigenvalue weighted by Gasteiger charge is 2.35. The lowest BCUT2D eigenvalue weighted by Crippen LogP contribution is -2.23. The Morgan fingerprint density at radius 3 is 2.33 bits per heavy atom. The zero-order valence-electron chi connectivity index (χ0n) is 4.34. The molecule has 1 aliphatic heterocycles. The summed E-state index contributed by atoms with van der Waals surface area (Å²) in [4.78, 5) is 0. The van der Waals surface area contributed by atoms with Crippen LogP contribution in [0.4, 0.5) is 13.2 Å². The smallest absolute Gasteiger partial charge is 0.319 e. The van der Waals surface area contributed by atoms with Crippen LogP contribution in [0.1, 0.15) is 0 Å². The van der Waals surface area contributed by atoms with E-state index in [-0.39, 0.29) is 6.54 Å². The molecule has 0 bridgehead atoms. The predicted octanol–water partition coefficient (Wildman–Crippen LogP) is 0.344. The normalized spacial score (nSPS) is 19.2. The quantitative estimate of drug-likeness (QED) is 0.503. The molecule has 0 spiro atoms. The van der Waals surface area contributed by atoms with E-state index in [0.29, 0.717) is 0 Å². The van der Waals surface area contributed by atoms with Crippen molar-refractivity contribution in [3.63, 3.8) is 0 Å². The second kappa shape index (κ2) is 1.91. The summed E-state index contributed by atoms with van der Waals surface area (Å²) in [5, 5.41) is 0. The lowest BCUT2D eigenvalue weighted by molar-refractivity contribution is -0.0922. The lowest BCUT2D eigenvalue weighted by Gasteiger charge is -2.03. The highest BCUT2D eigenvalue weighted by molar-refractivity contribution is 5.08. The Kier molecular flexibility index (Phi) is 1.36. The third-order valence-electron chi connectivity index (χ3n) is 0.909. The molecule has 5 heteroatoms. The van der Waals surface area contributed by atoms with Gasteiger partial charge in [0.1, 0.15) is 0 Å². The zero-order valence-corrected chi connectivity index (χ0v) is 4.34. The summed E-state index contributed by atoms with van der Waals surface area (Å²) in [5.74, 6) is 0. The maximum atomic E-state index is 11.6. The van der Waals surface area contributed by atoms with E-state index in [9.17, 15) is 13.2 Å². The molecule has 0 aromatic carbocycles. The number of rotatable bonds is 0. The lowest BCUT2D eigenvalue weighted by atomic mass is 10.3. The Hall–Kier alpha value is -0.710. The fraction of sp³-hybridized carbons (Fsp3) is 0.500. The third kappa shape index (κ3) is 1.35. The molecule has 0 atom stereocenters. The number of hydrogen-bond acceptors (Lipinski definition) is 2. The fourth-order valence-corrected chi connectivity index (χ4v) is 0.468. The standard InChI is InChI=1S/C4H4F3N2/c5-4(6,7)3-1-8-9-2-3/h8-9H,1H2. The average molecular weight is 137 g/mol. The van der Waals surface area contributed by atoms with Gasteiger partial charge in [0.15, 0.2) is 0 Å². The van der Waals surface area contributed by atoms with Gasteiger partial charge in [-0.25, -0.2) is 5.43 Å². The van der Waals surface area contributed by atoms with E-state index in [1.165, 1.54) is 0 Å². The minimum absolute atomic E-state index is 0.205. The maximum Gasteiger partial charge on any atom is 0.416 e. The first-order chi connectivity index (χ1) is 4.11. The van der Waals surface area contributed by atoms with Gasteiger partial charge in [-0.2, -0.15) is 13.2 Å². The van der Waals surface area contributed by atoms with Crippen molar-refractivity contribution in [2.45, 2.75) is 6.18 Å². The Morgan fingerprint density at radius 1 is 1.44 bits per heavy atom. The molecule has 0 fully saturated rings. The Labute approximate surface area is 49.7 Å². The van der Waals surface area contributed by atoms with Crippen molar-refractivity contribution < 1.29 is 13.2 Å². The molecule has 0 aromatic heterocycles. The molecule has 0 aromatic rings. The molecule has 0 unspecified atom stereocenters. The Morgan fingerprint density at radius 2 is 2.11 bits per heavy atom. The second-order valence-corrected chi connectivity index (χ2v) is 1.58. The van der Waals surface area contributed by atoms with Crippen molar-refractivity contribution in [1.82, 2.24) is 10.9 Å². The van der Waals surface area contributed by atoms with E-state index in [1.807, 2.05) is 6.20 Å². The van der Waals surface area contributed by atoms with E-state index in [4.69, 9.17) is 0 Å². The van der Waals surface area contributed by atoms with Gasteiger partial charge in [-0.1, -0.05) is 0 Å². The molecule has 1 rings (SSSR count). The summed E-state index contributed by atoms with van der Waals surface area (Å²) < 4.78 is 34.7. The van der Waals surface area contributed by atoms with Gasteiger partial charge in [-0.15, -0.1) is 0 Å². The molecule has 2 N–H and O–H groups in total. The van der Waals surface area contributed by atoms with Gasteiger partial charge in [-0.05, 0) is 0 Å². The SMILES string of the molecule is FC(F)(F)C1=[C]NNC1. The number of alkyl halides is 3. The summed E-state index contributed by atoms with van der Waals surface area (Å²) in [6, 6.07) is 0. The fourth-order valence-electron chi connectivity index (χ4n) is 0.468. The molecule has 0 amide bonds. The topological polar surface area (TPSA) is 24.1 Å². The van der Waals surface area contributed by atoms with Gasteiger partial charge >= 0.3 is 6.18 Å². The van der Waals surface area contributed by atoms with Crippen LogP contribution in [0.5, 0.6) is 0 Å². The summed E-state index contributed by atoms with van der Waals surface area (Å²) >= 11 is 0. The van der Waals surface area contributed by atoms with Crippen LogP contribution in [0, 0.1) is 6.20 Å². The van der Waals surface area contributed by atoms with Crippen LogP contribution < -0.4 is 10.9 Å². The molecule has 2 nitrogen and oxygen atoms in total. The van der Waals surface area contributed by atoms with E-state index in [2.05, 4.69) is 10.9 Å². The summed E-state index contributed by atoms with van der Waals surface area (Å²) in [6.07, 6.45) is -2.31. The van der Waals surface area contributed by atoms with Crippen molar-refractivity contribution in [2.75, 3.05) is 6.54 Å². The van der Waals surface area contributed by atoms with Gasteiger partial charge in [0.2, 0.25) is 0 Å². The minimum Gasteiger partial charge on any atom is -0.319 e. The molecule has 9 heavy (non-hydrogen) atoms. The monoisotopic (exact) mass is 137 g/mol. The Balaban J connectivity index is 2.61. The van der Waals surface area contributed by atoms with Crippen LogP contribution in [0.15, 0.2) is 5.57 Å².